The maximum absolute atomic E-state index is 5.79. The van der Waals surface area contributed by atoms with Gasteiger partial charge in [0.15, 0.2) is 0 Å². The van der Waals surface area contributed by atoms with Gasteiger partial charge in [-0.2, -0.15) is 0 Å². The van der Waals surface area contributed by atoms with Crippen LogP contribution in [0.25, 0.3) is 0 Å². The van der Waals surface area contributed by atoms with Crippen molar-refractivity contribution in [2.24, 2.45) is 0 Å². The highest BCUT2D eigenvalue weighted by molar-refractivity contribution is 5.37. The Morgan fingerprint density at radius 3 is 2.89 bits per heavy atom. The van der Waals surface area contributed by atoms with E-state index >= 15 is 0 Å². The number of aryl methyl sites for hydroxylation is 2. The molecule has 0 aliphatic heterocycles. The van der Waals surface area contributed by atoms with Crippen LogP contribution in [0.4, 0.5) is 0 Å². The first kappa shape index (κ1) is 11.3. The largest absolute Gasteiger partial charge is 0.493 e. The van der Waals surface area contributed by atoms with Crippen molar-refractivity contribution in [1.29, 1.82) is 0 Å². The maximum Gasteiger partial charge on any atom is 0.119 e. The molecule has 1 aliphatic rings. The molecule has 1 aromatic heterocycles. The predicted molar refractivity (Wildman–Crippen MR) is 70.9 cm³/mol. The Labute approximate surface area is 107 Å². The summed E-state index contributed by atoms with van der Waals surface area (Å²) in [6.45, 7) is 0.684. The molecule has 0 saturated heterocycles. The van der Waals surface area contributed by atoms with Crippen LogP contribution in [0.15, 0.2) is 30.7 Å². The fraction of sp³-hybridized carbons (Fsp3) is 0.400. The highest BCUT2D eigenvalue weighted by Gasteiger charge is 2.09. The molecule has 18 heavy (non-hydrogen) atoms. The molecule has 1 aliphatic carbocycles. The summed E-state index contributed by atoms with van der Waals surface area (Å²) in [5.41, 5.74) is 4.02. The van der Waals surface area contributed by atoms with E-state index in [9.17, 15) is 0 Å². The molecule has 0 unspecified atom stereocenters. The van der Waals surface area contributed by atoms with Crippen LogP contribution in [0.5, 0.6) is 5.75 Å². The zero-order chi connectivity index (χ0) is 12.2. The van der Waals surface area contributed by atoms with Gasteiger partial charge >= 0.3 is 0 Å². The van der Waals surface area contributed by atoms with Crippen molar-refractivity contribution in [3.63, 3.8) is 0 Å². The van der Waals surface area contributed by atoms with E-state index in [0.717, 1.165) is 17.9 Å². The quantitative estimate of drug-likeness (QED) is 0.895. The van der Waals surface area contributed by atoms with Gasteiger partial charge in [-0.15, -0.1) is 0 Å². The predicted octanol–water partition coefficient (Wildman–Crippen LogP) is 2.91. The average molecular weight is 242 g/mol. The van der Waals surface area contributed by atoms with Crippen molar-refractivity contribution >= 4 is 0 Å². The first-order valence-electron chi connectivity index (χ1n) is 6.64. The van der Waals surface area contributed by atoms with Gasteiger partial charge in [-0.3, -0.25) is 0 Å². The van der Waals surface area contributed by atoms with E-state index in [1.165, 1.54) is 36.8 Å². The van der Waals surface area contributed by atoms with E-state index in [1.807, 2.05) is 6.20 Å². The van der Waals surface area contributed by atoms with E-state index in [1.54, 1.807) is 6.33 Å². The number of ether oxygens (including phenoxy) is 1. The van der Waals surface area contributed by atoms with Gasteiger partial charge in [0.05, 0.1) is 18.6 Å². The van der Waals surface area contributed by atoms with Crippen LogP contribution in [0.3, 0.4) is 0 Å². The summed E-state index contributed by atoms with van der Waals surface area (Å²) in [4.78, 5) is 7.13. The molecule has 0 radical (unpaired) electrons. The average Bonchev–Trinajstić information content (AvgIpc) is 2.92. The molecule has 94 valence electrons. The van der Waals surface area contributed by atoms with Crippen LogP contribution in [-0.2, 0) is 19.3 Å². The third kappa shape index (κ3) is 2.55. The zero-order valence-electron chi connectivity index (χ0n) is 10.5. The van der Waals surface area contributed by atoms with Gasteiger partial charge < -0.3 is 9.72 Å². The molecule has 3 nitrogen and oxygen atoms in total. The zero-order valence-corrected chi connectivity index (χ0v) is 10.5. The van der Waals surface area contributed by atoms with Crippen LogP contribution in [0.2, 0.25) is 0 Å². The highest BCUT2D eigenvalue weighted by atomic mass is 16.5. The van der Waals surface area contributed by atoms with Crippen molar-refractivity contribution < 1.29 is 4.74 Å². The second-order valence-corrected chi connectivity index (χ2v) is 4.80. The van der Waals surface area contributed by atoms with E-state index in [-0.39, 0.29) is 0 Å². The van der Waals surface area contributed by atoms with Crippen LogP contribution in [0, 0.1) is 0 Å². The van der Waals surface area contributed by atoms with E-state index in [2.05, 4.69) is 28.2 Å². The van der Waals surface area contributed by atoms with E-state index < -0.39 is 0 Å². The van der Waals surface area contributed by atoms with Gasteiger partial charge in [0.1, 0.15) is 5.75 Å². The second-order valence-electron chi connectivity index (χ2n) is 4.80. The minimum Gasteiger partial charge on any atom is -0.493 e. The van der Waals surface area contributed by atoms with Crippen molar-refractivity contribution in [3.8, 4) is 5.75 Å². The Balaban J connectivity index is 1.59. The first-order valence-corrected chi connectivity index (χ1v) is 6.64. The van der Waals surface area contributed by atoms with Crippen molar-refractivity contribution in [1.82, 2.24) is 9.97 Å². The van der Waals surface area contributed by atoms with Crippen LogP contribution in [0.1, 0.15) is 29.7 Å². The number of hydrogen-bond acceptors (Lipinski definition) is 2. The number of H-pyrrole nitrogens is 1. The molecule has 1 aromatic carbocycles. The molecule has 0 spiro atoms. The van der Waals surface area contributed by atoms with Gasteiger partial charge in [0.25, 0.3) is 0 Å². The summed E-state index contributed by atoms with van der Waals surface area (Å²) in [6.07, 6.45) is 9.52. The van der Waals surface area contributed by atoms with Gasteiger partial charge in [-0.1, -0.05) is 6.07 Å². The van der Waals surface area contributed by atoms with Gasteiger partial charge in [0.2, 0.25) is 0 Å². The van der Waals surface area contributed by atoms with Crippen molar-refractivity contribution in [3.05, 3.63) is 47.5 Å². The number of benzene rings is 1. The molecule has 0 amide bonds. The number of aromatic amines is 1. The lowest BCUT2D eigenvalue weighted by Crippen LogP contribution is -2.05. The monoisotopic (exact) mass is 242 g/mol. The molecule has 1 N–H and O–H groups in total. The fourth-order valence-corrected chi connectivity index (χ4v) is 2.50. The van der Waals surface area contributed by atoms with E-state index in [4.69, 9.17) is 4.74 Å². The number of rotatable bonds is 4. The molecule has 0 saturated carbocycles. The SMILES string of the molecule is c1nc(CCOc2ccc3c(c2)CCCC3)c[nH]1. The molecule has 0 atom stereocenters. The Morgan fingerprint density at radius 2 is 2.06 bits per heavy atom. The Kier molecular flexibility index (Phi) is 3.31. The molecular weight excluding hydrogens is 224 g/mol. The van der Waals surface area contributed by atoms with Gasteiger partial charge in [-0.25, -0.2) is 4.98 Å². The normalized spacial score (nSPS) is 14.2. The summed E-state index contributed by atoms with van der Waals surface area (Å²) in [5, 5.41) is 0. The summed E-state index contributed by atoms with van der Waals surface area (Å²) in [7, 11) is 0. The maximum atomic E-state index is 5.79. The van der Waals surface area contributed by atoms with Crippen molar-refractivity contribution in [2.75, 3.05) is 6.61 Å². The minimum atomic E-state index is 0.684. The summed E-state index contributed by atoms with van der Waals surface area (Å²) in [5.74, 6) is 0.992. The lowest BCUT2D eigenvalue weighted by atomic mass is 9.92. The first-order chi connectivity index (χ1) is 8.92. The molecule has 3 rings (SSSR count). The lowest BCUT2D eigenvalue weighted by Gasteiger charge is -2.16. The lowest BCUT2D eigenvalue weighted by molar-refractivity contribution is 0.320. The molecular formula is C15H18N2O. The van der Waals surface area contributed by atoms with Crippen LogP contribution < -0.4 is 4.74 Å². The number of hydrogen-bond donors (Lipinski definition) is 1. The third-order valence-electron chi connectivity index (χ3n) is 3.50. The topological polar surface area (TPSA) is 37.9 Å². The second kappa shape index (κ2) is 5.25. The standard InChI is InChI=1S/C15H18N2O/c1-2-4-13-9-15(6-5-12(13)3-1)18-8-7-14-10-16-11-17-14/h5-6,9-11H,1-4,7-8H2,(H,16,17). The van der Waals surface area contributed by atoms with Crippen LogP contribution >= 0.6 is 0 Å². The van der Waals surface area contributed by atoms with Crippen LogP contribution in [-0.4, -0.2) is 16.6 Å². The Morgan fingerprint density at radius 1 is 1.17 bits per heavy atom. The van der Waals surface area contributed by atoms with Crippen molar-refractivity contribution in [2.45, 2.75) is 32.1 Å². The number of fused-ring (bicyclic) bond motifs is 1. The van der Waals surface area contributed by atoms with E-state index in [0.29, 0.717) is 6.61 Å². The Hall–Kier alpha value is -1.77. The molecule has 1 heterocycles. The molecule has 2 aromatic rings. The smallest absolute Gasteiger partial charge is 0.119 e. The molecule has 3 heteroatoms. The van der Waals surface area contributed by atoms with Gasteiger partial charge in [-0.05, 0) is 48.9 Å². The number of aromatic nitrogens is 2. The Bertz CT molecular complexity index is 505. The number of nitrogens with one attached hydrogen (secondary N) is 1. The fourth-order valence-electron chi connectivity index (χ4n) is 2.50. The summed E-state index contributed by atoms with van der Waals surface area (Å²) >= 11 is 0. The number of imidazole rings is 1. The molecule has 0 fully saturated rings. The highest BCUT2D eigenvalue weighted by Crippen LogP contribution is 2.25. The van der Waals surface area contributed by atoms with Gasteiger partial charge in [0, 0.05) is 12.6 Å². The molecule has 0 bridgehead atoms. The third-order valence-corrected chi connectivity index (χ3v) is 3.50. The minimum absolute atomic E-state index is 0.684. The summed E-state index contributed by atoms with van der Waals surface area (Å²) < 4.78 is 5.79. The summed E-state index contributed by atoms with van der Waals surface area (Å²) in [6, 6.07) is 6.52. The number of nitrogens with zero attached hydrogens (tertiary/aromatic N) is 1.